The van der Waals surface area contributed by atoms with E-state index in [9.17, 15) is 25.9 Å². The molecule has 2 heterocycles. The van der Waals surface area contributed by atoms with Gasteiger partial charge in [-0.3, -0.25) is 4.55 Å². The Kier molecular flexibility index (Phi) is 12.8. The second kappa shape index (κ2) is 16.5. The van der Waals surface area contributed by atoms with Gasteiger partial charge in [0, 0.05) is 30.9 Å². The van der Waals surface area contributed by atoms with Gasteiger partial charge in [-0.1, -0.05) is 61.5 Å². The Morgan fingerprint density at radius 3 is 2.35 bits per heavy atom. The normalized spacial score (nSPS) is 21.3. The summed E-state index contributed by atoms with van der Waals surface area (Å²) in [5, 5.41) is 1.18. The third kappa shape index (κ3) is 9.84. The Balaban J connectivity index is 0.00000504. The van der Waals surface area contributed by atoms with Crippen LogP contribution in [0, 0.1) is 0 Å². The molecule has 0 radical (unpaired) electrons. The predicted molar refractivity (Wildman–Crippen MR) is 193 cm³/mol. The van der Waals surface area contributed by atoms with E-state index in [1.54, 1.807) is 0 Å². The van der Waals surface area contributed by atoms with E-state index in [4.69, 9.17) is 9.15 Å². The molecule has 1 spiro atoms. The number of fused-ring (bicyclic) bond motifs is 2. The van der Waals surface area contributed by atoms with Gasteiger partial charge in [0.15, 0.2) is 12.4 Å². The van der Waals surface area contributed by atoms with Crippen molar-refractivity contribution < 1.29 is 69.2 Å². The predicted octanol–water partition coefficient (Wildman–Crippen LogP) is 3.93. The van der Waals surface area contributed by atoms with Crippen LogP contribution in [0.15, 0.2) is 88.7 Å². The summed E-state index contributed by atoms with van der Waals surface area (Å²) in [6.07, 6.45) is 9.33. The first-order valence-corrected chi connectivity index (χ1v) is 20.6. The van der Waals surface area contributed by atoms with Crippen LogP contribution < -0.4 is 34.1 Å². The summed E-state index contributed by atoms with van der Waals surface area (Å²) in [7, 11) is -8.47. The van der Waals surface area contributed by atoms with Crippen molar-refractivity contribution in [1.82, 2.24) is 4.90 Å². The van der Waals surface area contributed by atoms with E-state index in [0.29, 0.717) is 55.8 Å². The Morgan fingerprint density at radius 2 is 1.71 bits per heavy atom. The summed E-state index contributed by atoms with van der Waals surface area (Å²) < 4.78 is 82.5. The molecule has 10 nitrogen and oxygen atoms in total. The van der Waals surface area contributed by atoms with Gasteiger partial charge in [-0.05, 0) is 85.8 Å². The number of benzene rings is 3. The fourth-order valence-corrected chi connectivity index (χ4v) is 8.20. The molecule has 1 N–H and O–H groups in total. The molecule has 268 valence electrons. The molecule has 1 atom stereocenters. The SMILES string of the molecule is CCC(/C=C1\OC2(CCC(c3ccccc3)CC2)CN1CCC(C)S(=O)(=O)O)=C\c1oc2cc3ccccc3cc2[n+]1CCCCS(=O)(=O)[O-].[Na+]. The number of hydrogen-bond acceptors (Lipinski definition) is 8. The minimum Gasteiger partial charge on any atom is -0.748 e. The maximum atomic E-state index is 11.9. The quantitative estimate of drug-likeness (QED) is 0.0933. The number of aryl methyl sites for hydroxylation is 1. The molecule has 0 amide bonds. The third-order valence-electron chi connectivity index (χ3n) is 10.2. The van der Waals surface area contributed by atoms with Gasteiger partial charge >= 0.3 is 35.4 Å². The number of oxazole rings is 1. The van der Waals surface area contributed by atoms with Crippen molar-refractivity contribution in [2.75, 3.05) is 18.8 Å². The summed E-state index contributed by atoms with van der Waals surface area (Å²) >= 11 is 0. The maximum absolute atomic E-state index is 11.9. The van der Waals surface area contributed by atoms with Crippen LogP contribution in [-0.4, -0.2) is 60.5 Å². The van der Waals surface area contributed by atoms with E-state index in [1.807, 2.05) is 60.0 Å². The zero-order valence-corrected chi connectivity index (χ0v) is 33.3. The fourth-order valence-electron chi connectivity index (χ4n) is 7.24. The van der Waals surface area contributed by atoms with Crippen LogP contribution in [0.5, 0.6) is 0 Å². The van der Waals surface area contributed by atoms with E-state index in [0.717, 1.165) is 47.5 Å². The molecule has 1 aliphatic carbocycles. The first kappa shape index (κ1) is 39.5. The van der Waals surface area contributed by atoms with E-state index in [-0.39, 0.29) is 42.4 Å². The van der Waals surface area contributed by atoms with Crippen LogP contribution in [0.2, 0.25) is 0 Å². The molecule has 1 saturated heterocycles. The molecule has 4 aromatic rings. The van der Waals surface area contributed by atoms with Crippen molar-refractivity contribution in [3.8, 4) is 0 Å². The number of rotatable bonds is 13. The molecule has 1 aliphatic heterocycles. The van der Waals surface area contributed by atoms with Gasteiger partial charge in [0.25, 0.3) is 15.6 Å². The van der Waals surface area contributed by atoms with Gasteiger partial charge in [-0.2, -0.15) is 13.0 Å². The van der Waals surface area contributed by atoms with Crippen molar-refractivity contribution in [2.45, 2.75) is 88.5 Å². The van der Waals surface area contributed by atoms with Gasteiger partial charge in [0.2, 0.25) is 5.58 Å². The first-order valence-electron chi connectivity index (χ1n) is 17.5. The number of unbranched alkanes of at least 4 members (excludes halogenated alkanes) is 1. The topological polar surface area (TPSA) is 141 Å². The van der Waals surface area contributed by atoms with Crippen molar-refractivity contribution in [2.24, 2.45) is 0 Å². The Labute approximate surface area is 323 Å². The Hall–Kier alpha value is -2.71. The van der Waals surface area contributed by atoms with Crippen molar-refractivity contribution in [3.63, 3.8) is 0 Å². The standard InChI is InChI=1S/C38H46N2O8S2.Na/c1-3-29(24-37-40(20-9-10-22-49(41,42)43)34-25-32-13-7-8-14-33(32)26-35(34)47-37)23-36-39(21-17-28(2)50(44,45)46)27-38(48-36)18-15-31(16-19-38)30-11-5-4-6-12-30;/h4-8,11-14,23-26,28,31H,3,9-10,15-22,27H2,1-2H3,(H-,41,42,43,44,45,46);/q;+1. The van der Waals surface area contributed by atoms with E-state index in [2.05, 4.69) is 35.2 Å². The zero-order valence-electron chi connectivity index (χ0n) is 29.7. The molecule has 1 aromatic heterocycles. The average molecular weight is 746 g/mol. The van der Waals surface area contributed by atoms with Crippen LogP contribution in [0.4, 0.5) is 0 Å². The molecular weight excluding hydrogens is 700 g/mol. The molecule has 2 aliphatic rings. The summed E-state index contributed by atoms with van der Waals surface area (Å²) in [6, 6.07) is 22.6. The number of ether oxygens (including phenoxy) is 1. The molecular formula is C38H46N2NaO8S2+. The fraction of sp³-hybridized carbons (Fsp3) is 0.447. The average Bonchev–Trinajstić information content (AvgIpc) is 3.59. The number of nitrogens with zero attached hydrogens (tertiary/aromatic N) is 2. The van der Waals surface area contributed by atoms with Gasteiger partial charge < -0.3 is 18.6 Å². The number of allylic oxidation sites excluding steroid dienone is 2. The van der Waals surface area contributed by atoms with Crippen LogP contribution in [0.3, 0.4) is 0 Å². The summed E-state index contributed by atoms with van der Waals surface area (Å²) in [4.78, 5) is 2.11. The van der Waals surface area contributed by atoms with Crippen molar-refractivity contribution >= 4 is 48.2 Å². The molecule has 6 rings (SSSR count). The van der Waals surface area contributed by atoms with Crippen LogP contribution in [-0.2, 0) is 31.5 Å². The third-order valence-corrected chi connectivity index (χ3v) is 12.3. The second-order valence-corrected chi connectivity index (χ2v) is 17.1. The largest absolute Gasteiger partial charge is 1.00 e. The number of hydrogen-bond donors (Lipinski definition) is 1. The van der Waals surface area contributed by atoms with Gasteiger partial charge in [0.1, 0.15) is 5.60 Å². The summed E-state index contributed by atoms with van der Waals surface area (Å²) in [5.41, 5.74) is 3.45. The molecule has 13 heteroatoms. The molecule has 1 saturated carbocycles. The maximum Gasteiger partial charge on any atom is 1.00 e. The Morgan fingerprint density at radius 1 is 1.04 bits per heavy atom. The second-order valence-electron chi connectivity index (χ2n) is 13.8. The van der Waals surface area contributed by atoms with Crippen LogP contribution >= 0.6 is 0 Å². The van der Waals surface area contributed by atoms with Crippen LogP contribution in [0.1, 0.15) is 82.6 Å². The first-order chi connectivity index (χ1) is 23.8. The van der Waals surface area contributed by atoms with E-state index < -0.39 is 36.8 Å². The molecule has 1 unspecified atom stereocenters. The molecule has 2 fully saturated rings. The van der Waals surface area contributed by atoms with Gasteiger partial charge in [-0.25, -0.2) is 8.42 Å². The minimum atomic E-state index is -4.30. The minimum absolute atomic E-state index is 0. The van der Waals surface area contributed by atoms with E-state index >= 15 is 0 Å². The summed E-state index contributed by atoms with van der Waals surface area (Å²) in [6.45, 7) is 5.07. The van der Waals surface area contributed by atoms with Crippen LogP contribution in [0.25, 0.3) is 27.9 Å². The molecule has 3 aromatic carbocycles. The zero-order chi connectivity index (χ0) is 35.5. The summed E-state index contributed by atoms with van der Waals surface area (Å²) in [5.74, 6) is 1.32. The van der Waals surface area contributed by atoms with Gasteiger partial charge in [0.05, 0.1) is 28.0 Å². The smallest absolute Gasteiger partial charge is 0.748 e. The van der Waals surface area contributed by atoms with Gasteiger partial charge in [-0.15, -0.1) is 0 Å². The van der Waals surface area contributed by atoms with E-state index in [1.165, 1.54) is 12.5 Å². The van der Waals surface area contributed by atoms with Crippen molar-refractivity contribution in [3.05, 3.63) is 95.7 Å². The monoisotopic (exact) mass is 745 g/mol. The Bertz CT molecular complexity index is 2110. The van der Waals surface area contributed by atoms with Crippen molar-refractivity contribution in [1.29, 1.82) is 0 Å². The molecule has 0 bridgehead atoms. The number of aromatic nitrogens is 1. The molecule has 51 heavy (non-hydrogen) atoms.